The van der Waals surface area contributed by atoms with Gasteiger partial charge >= 0.3 is 7.12 Å². The molecule has 8 heteroatoms. The van der Waals surface area contributed by atoms with E-state index in [0.29, 0.717) is 17.1 Å². The van der Waals surface area contributed by atoms with Crippen molar-refractivity contribution in [1.29, 1.82) is 5.26 Å². The highest BCUT2D eigenvalue weighted by atomic mass is 16.4. The van der Waals surface area contributed by atoms with Crippen LogP contribution in [0.25, 0.3) is 33.2 Å². The van der Waals surface area contributed by atoms with Crippen molar-refractivity contribution in [2.75, 3.05) is 13.1 Å². The Morgan fingerprint density at radius 3 is 2.33 bits per heavy atom. The molecule has 1 aliphatic rings. The van der Waals surface area contributed by atoms with Crippen molar-refractivity contribution < 1.29 is 14.5 Å². The molecule has 5 aromatic rings. The molecule has 2 aromatic carbocycles. The summed E-state index contributed by atoms with van der Waals surface area (Å²) in [4.78, 5) is 10.6. The first-order valence-corrected chi connectivity index (χ1v) is 13.5. The van der Waals surface area contributed by atoms with E-state index >= 15 is 0 Å². The molecule has 1 fully saturated rings. The quantitative estimate of drug-likeness (QED) is 0.303. The Balaban J connectivity index is 0.000000306. The summed E-state index contributed by atoms with van der Waals surface area (Å²) in [5, 5.41) is 27.3. The zero-order chi connectivity index (χ0) is 27.9. The minimum atomic E-state index is -1.40. The van der Waals surface area contributed by atoms with E-state index in [-0.39, 0.29) is 0 Å². The van der Waals surface area contributed by atoms with Crippen molar-refractivity contribution >= 4 is 23.6 Å². The Kier molecular flexibility index (Phi) is 8.67. The lowest BCUT2D eigenvalue weighted by Crippen LogP contribution is -2.29. The molecule has 200 valence electrons. The fourth-order valence-corrected chi connectivity index (χ4v) is 5.17. The monoisotopic (exact) mass is 530 g/mol. The molecule has 2 N–H and O–H groups in total. The second-order valence-corrected chi connectivity index (χ2v) is 9.98. The maximum atomic E-state index is 9.08. The van der Waals surface area contributed by atoms with E-state index in [2.05, 4.69) is 52.1 Å². The second-order valence-electron chi connectivity index (χ2n) is 9.98. The van der Waals surface area contributed by atoms with E-state index in [4.69, 9.17) is 19.7 Å². The standard InChI is InChI=1S/C27H25N3O.C5H6BNO2/c1-19-4-3-14-30(19)15-12-26-27(23-5-2-13-29-18-23)24-16-22(10-11-25(24)31-26)21-8-6-20(17-28)7-9-21;8-6(9)5-2-1-3-7-4-5/h2,5-11,13,16,18-19H,3-4,12,14-15H2,1H3;1-4,8-9H/t19-;/m1./s1. The summed E-state index contributed by atoms with van der Waals surface area (Å²) in [5.74, 6) is 1.03. The summed E-state index contributed by atoms with van der Waals surface area (Å²) >= 11 is 0. The van der Waals surface area contributed by atoms with E-state index in [1.165, 1.54) is 25.6 Å². The number of hydrogen-bond acceptors (Lipinski definition) is 7. The van der Waals surface area contributed by atoms with Crippen molar-refractivity contribution in [1.82, 2.24) is 14.9 Å². The van der Waals surface area contributed by atoms with Gasteiger partial charge in [0, 0.05) is 65.8 Å². The van der Waals surface area contributed by atoms with E-state index < -0.39 is 7.12 Å². The third kappa shape index (κ3) is 6.29. The third-order valence-electron chi connectivity index (χ3n) is 7.36. The van der Waals surface area contributed by atoms with E-state index in [1.54, 1.807) is 24.5 Å². The highest BCUT2D eigenvalue weighted by molar-refractivity contribution is 6.58. The lowest BCUT2D eigenvalue weighted by atomic mass is 9.82. The minimum Gasteiger partial charge on any atom is -0.460 e. The predicted octanol–water partition coefficient (Wildman–Crippen LogP) is 4.82. The number of benzene rings is 2. The number of nitriles is 1. The number of aromatic nitrogens is 2. The van der Waals surface area contributed by atoms with Crippen LogP contribution in [-0.4, -0.2) is 51.2 Å². The van der Waals surface area contributed by atoms with Gasteiger partial charge in [-0.1, -0.05) is 30.3 Å². The van der Waals surface area contributed by atoms with Crippen molar-refractivity contribution in [2.45, 2.75) is 32.2 Å². The highest BCUT2D eigenvalue weighted by Crippen LogP contribution is 2.37. The lowest BCUT2D eigenvalue weighted by molar-refractivity contribution is 0.267. The van der Waals surface area contributed by atoms with E-state index in [9.17, 15) is 0 Å². The molecule has 6 rings (SSSR count). The molecule has 4 heterocycles. The first-order chi connectivity index (χ1) is 19.5. The average Bonchev–Trinajstić information content (AvgIpc) is 3.59. The molecule has 0 unspecified atom stereocenters. The topological polar surface area (TPSA) is 106 Å². The Morgan fingerprint density at radius 1 is 0.975 bits per heavy atom. The summed E-state index contributed by atoms with van der Waals surface area (Å²) in [5.41, 5.74) is 6.42. The number of pyridine rings is 2. The molecule has 1 aliphatic heterocycles. The summed E-state index contributed by atoms with van der Waals surface area (Å²) in [6, 6.07) is 24.2. The molecular formula is C32H31BN4O3. The van der Waals surface area contributed by atoms with Crippen LogP contribution >= 0.6 is 0 Å². The molecule has 7 nitrogen and oxygen atoms in total. The largest absolute Gasteiger partial charge is 0.490 e. The zero-order valence-electron chi connectivity index (χ0n) is 22.4. The van der Waals surface area contributed by atoms with Gasteiger partial charge in [0.1, 0.15) is 11.3 Å². The number of likely N-dealkylation sites (tertiary alicyclic amines) is 1. The second kappa shape index (κ2) is 12.7. The van der Waals surface area contributed by atoms with Crippen LogP contribution in [0.2, 0.25) is 0 Å². The number of rotatable bonds is 6. The smallest absolute Gasteiger partial charge is 0.460 e. The van der Waals surface area contributed by atoms with Crippen LogP contribution in [0.1, 0.15) is 31.1 Å². The maximum absolute atomic E-state index is 9.08. The Morgan fingerprint density at radius 2 is 1.73 bits per heavy atom. The van der Waals surface area contributed by atoms with Gasteiger partial charge in [0.2, 0.25) is 0 Å². The van der Waals surface area contributed by atoms with Gasteiger partial charge in [0.25, 0.3) is 0 Å². The Hall–Kier alpha value is -4.29. The van der Waals surface area contributed by atoms with Crippen molar-refractivity contribution in [3.63, 3.8) is 0 Å². The number of fused-ring (bicyclic) bond motifs is 1. The van der Waals surface area contributed by atoms with E-state index in [1.807, 2.05) is 36.5 Å². The normalized spacial score (nSPS) is 14.9. The SMILES string of the molecule is C[C@@H]1CCCN1CCc1oc2ccc(-c3ccc(C#N)cc3)cc2c1-c1cccnc1.OB(O)c1cccnc1. The molecule has 40 heavy (non-hydrogen) atoms. The third-order valence-corrected chi connectivity index (χ3v) is 7.36. The highest BCUT2D eigenvalue weighted by Gasteiger charge is 2.22. The molecule has 3 aromatic heterocycles. The number of hydrogen-bond donors (Lipinski definition) is 2. The molecule has 0 saturated carbocycles. The van der Waals surface area contributed by atoms with Gasteiger partial charge < -0.3 is 19.4 Å². The summed E-state index contributed by atoms with van der Waals surface area (Å²) in [7, 11) is -1.40. The van der Waals surface area contributed by atoms with Gasteiger partial charge in [0.15, 0.2) is 0 Å². The van der Waals surface area contributed by atoms with Crippen molar-refractivity contribution in [3.05, 3.63) is 103 Å². The van der Waals surface area contributed by atoms with Crippen LogP contribution in [0.5, 0.6) is 0 Å². The Bertz CT molecular complexity index is 1580. The van der Waals surface area contributed by atoms with Gasteiger partial charge in [0.05, 0.1) is 11.6 Å². The molecule has 0 aliphatic carbocycles. The van der Waals surface area contributed by atoms with Gasteiger partial charge in [-0.25, -0.2) is 0 Å². The summed E-state index contributed by atoms with van der Waals surface area (Å²) in [6.07, 6.45) is 10.2. The van der Waals surface area contributed by atoms with Crippen LogP contribution in [-0.2, 0) is 6.42 Å². The van der Waals surface area contributed by atoms with Crippen LogP contribution in [0.4, 0.5) is 0 Å². The van der Waals surface area contributed by atoms with Gasteiger partial charge in [-0.2, -0.15) is 5.26 Å². The van der Waals surface area contributed by atoms with Gasteiger partial charge in [-0.15, -0.1) is 0 Å². The van der Waals surface area contributed by atoms with Gasteiger partial charge in [-0.05, 0) is 73.8 Å². The molecule has 0 radical (unpaired) electrons. The molecule has 1 saturated heterocycles. The first kappa shape index (κ1) is 27.3. The minimum absolute atomic E-state index is 0.414. The molecule has 0 spiro atoms. The maximum Gasteiger partial charge on any atom is 0.490 e. The zero-order valence-corrected chi connectivity index (χ0v) is 22.4. The van der Waals surface area contributed by atoms with E-state index in [0.717, 1.165) is 51.9 Å². The molecule has 1 atom stereocenters. The summed E-state index contributed by atoms with van der Waals surface area (Å²) in [6.45, 7) is 4.50. The Labute approximate surface area is 234 Å². The van der Waals surface area contributed by atoms with Crippen LogP contribution < -0.4 is 5.46 Å². The lowest BCUT2D eigenvalue weighted by Gasteiger charge is -2.20. The fraction of sp³-hybridized carbons (Fsp3) is 0.219. The van der Waals surface area contributed by atoms with Crippen LogP contribution in [0, 0.1) is 11.3 Å². The van der Waals surface area contributed by atoms with Crippen molar-refractivity contribution in [3.8, 4) is 28.3 Å². The summed E-state index contributed by atoms with van der Waals surface area (Å²) < 4.78 is 6.38. The fourth-order valence-electron chi connectivity index (χ4n) is 5.17. The average molecular weight is 530 g/mol. The number of furan rings is 1. The predicted molar refractivity (Wildman–Crippen MR) is 158 cm³/mol. The first-order valence-electron chi connectivity index (χ1n) is 13.5. The molecule has 0 bridgehead atoms. The van der Waals surface area contributed by atoms with Gasteiger partial charge in [-0.3, -0.25) is 9.97 Å². The molecular weight excluding hydrogens is 499 g/mol. The number of nitrogens with zero attached hydrogens (tertiary/aromatic N) is 4. The van der Waals surface area contributed by atoms with Crippen LogP contribution in [0.3, 0.4) is 0 Å². The molecule has 0 amide bonds. The van der Waals surface area contributed by atoms with Crippen LogP contribution in [0.15, 0.2) is 95.9 Å². The van der Waals surface area contributed by atoms with Crippen molar-refractivity contribution in [2.24, 2.45) is 0 Å².